The second-order valence-electron chi connectivity index (χ2n) is 7.64. The molecule has 0 spiro atoms. The number of anilines is 1. The first-order valence-electron chi connectivity index (χ1n) is 9.44. The Labute approximate surface area is 162 Å². The van der Waals surface area contributed by atoms with Gasteiger partial charge in [-0.15, -0.1) is 12.4 Å². The van der Waals surface area contributed by atoms with E-state index in [1.807, 2.05) is 29.2 Å². The SMILES string of the molecule is CC1CCC(N2CC(C(=O)NCCc3ccc(N)cc3)CC2=O)CC1.Cl. The summed E-state index contributed by atoms with van der Waals surface area (Å²) in [5.74, 6) is 0.730. The molecular weight excluding hydrogens is 350 g/mol. The number of nitrogens with one attached hydrogen (secondary N) is 1. The lowest BCUT2D eigenvalue weighted by Gasteiger charge is -2.33. The van der Waals surface area contributed by atoms with Crippen LogP contribution < -0.4 is 11.1 Å². The first-order chi connectivity index (χ1) is 12.0. The van der Waals surface area contributed by atoms with Crippen molar-refractivity contribution in [1.29, 1.82) is 0 Å². The van der Waals surface area contributed by atoms with Crippen molar-refractivity contribution in [2.24, 2.45) is 11.8 Å². The third-order valence-corrected chi connectivity index (χ3v) is 5.65. The van der Waals surface area contributed by atoms with Crippen LogP contribution in [0.25, 0.3) is 0 Å². The van der Waals surface area contributed by atoms with Crippen LogP contribution in [-0.4, -0.2) is 35.8 Å². The van der Waals surface area contributed by atoms with Crippen molar-refractivity contribution in [3.05, 3.63) is 29.8 Å². The minimum Gasteiger partial charge on any atom is -0.399 e. The highest BCUT2D eigenvalue weighted by atomic mass is 35.5. The Bertz CT molecular complexity index is 612. The average molecular weight is 380 g/mol. The maximum absolute atomic E-state index is 12.4. The summed E-state index contributed by atoms with van der Waals surface area (Å²) in [5, 5.41) is 2.99. The summed E-state index contributed by atoms with van der Waals surface area (Å²) in [7, 11) is 0. The number of nitrogens with two attached hydrogens (primary N) is 1. The van der Waals surface area contributed by atoms with E-state index in [1.54, 1.807) is 0 Å². The Morgan fingerprint density at radius 3 is 2.50 bits per heavy atom. The lowest BCUT2D eigenvalue weighted by atomic mass is 9.87. The van der Waals surface area contributed by atoms with Crippen LogP contribution in [0.4, 0.5) is 5.69 Å². The molecule has 2 fully saturated rings. The van der Waals surface area contributed by atoms with Gasteiger partial charge in [-0.25, -0.2) is 0 Å². The van der Waals surface area contributed by atoms with Gasteiger partial charge in [0.05, 0.1) is 5.92 Å². The maximum atomic E-state index is 12.4. The fraction of sp³-hybridized carbons (Fsp3) is 0.600. The van der Waals surface area contributed by atoms with E-state index in [0.717, 1.165) is 36.4 Å². The van der Waals surface area contributed by atoms with Crippen LogP contribution in [-0.2, 0) is 16.0 Å². The number of amides is 2. The molecule has 2 amide bonds. The highest BCUT2D eigenvalue weighted by Gasteiger charge is 2.38. The molecule has 1 unspecified atom stereocenters. The molecule has 1 aromatic carbocycles. The van der Waals surface area contributed by atoms with E-state index < -0.39 is 0 Å². The molecule has 3 N–H and O–H groups in total. The lowest BCUT2D eigenvalue weighted by molar-refractivity contribution is -0.130. The highest BCUT2D eigenvalue weighted by Crippen LogP contribution is 2.31. The third-order valence-electron chi connectivity index (χ3n) is 5.65. The fourth-order valence-electron chi connectivity index (χ4n) is 3.97. The number of nitrogens with zero attached hydrogens (tertiary/aromatic N) is 1. The minimum absolute atomic E-state index is 0. The van der Waals surface area contributed by atoms with E-state index in [9.17, 15) is 9.59 Å². The molecule has 6 heteroatoms. The van der Waals surface area contributed by atoms with Crippen molar-refractivity contribution in [2.45, 2.75) is 51.5 Å². The van der Waals surface area contributed by atoms with Crippen molar-refractivity contribution in [2.75, 3.05) is 18.8 Å². The zero-order chi connectivity index (χ0) is 17.8. The van der Waals surface area contributed by atoms with Crippen LogP contribution in [0.3, 0.4) is 0 Å². The van der Waals surface area contributed by atoms with Crippen molar-refractivity contribution in [3.8, 4) is 0 Å². The van der Waals surface area contributed by atoms with Gasteiger partial charge >= 0.3 is 0 Å². The van der Waals surface area contributed by atoms with Crippen LogP contribution >= 0.6 is 12.4 Å². The highest BCUT2D eigenvalue weighted by molar-refractivity contribution is 5.89. The number of rotatable bonds is 5. The van der Waals surface area contributed by atoms with Gasteiger partial charge in [-0.3, -0.25) is 9.59 Å². The molecule has 144 valence electrons. The zero-order valence-corrected chi connectivity index (χ0v) is 16.3. The van der Waals surface area contributed by atoms with Crippen molar-refractivity contribution < 1.29 is 9.59 Å². The standard InChI is InChI=1S/C20H29N3O2.ClH/c1-14-2-8-18(9-3-14)23-13-16(12-19(23)24)20(25)22-11-10-15-4-6-17(21)7-5-15;/h4-7,14,16,18H,2-3,8-13,21H2,1H3,(H,22,25);1H. The Hall–Kier alpha value is -1.75. The quantitative estimate of drug-likeness (QED) is 0.772. The van der Waals surface area contributed by atoms with Crippen LogP contribution in [0.15, 0.2) is 24.3 Å². The second kappa shape index (κ2) is 9.26. The Morgan fingerprint density at radius 1 is 1.19 bits per heavy atom. The predicted octanol–water partition coefficient (Wildman–Crippen LogP) is 2.78. The number of hydrogen-bond acceptors (Lipinski definition) is 3. The summed E-state index contributed by atoms with van der Waals surface area (Å²) in [6, 6.07) is 8.04. The second-order valence-corrected chi connectivity index (χ2v) is 7.64. The molecule has 0 radical (unpaired) electrons. The Balaban J connectivity index is 0.00000243. The van der Waals surface area contributed by atoms with E-state index in [4.69, 9.17) is 5.73 Å². The monoisotopic (exact) mass is 379 g/mol. The summed E-state index contributed by atoms with van der Waals surface area (Å²) < 4.78 is 0. The lowest BCUT2D eigenvalue weighted by Crippen LogP contribution is -2.40. The smallest absolute Gasteiger partial charge is 0.225 e. The van der Waals surface area contributed by atoms with Crippen molar-refractivity contribution in [3.63, 3.8) is 0 Å². The third kappa shape index (κ3) is 5.13. The Morgan fingerprint density at radius 2 is 1.85 bits per heavy atom. The molecule has 3 rings (SSSR count). The number of nitrogen functional groups attached to an aromatic ring is 1. The first-order valence-corrected chi connectivity index (χ1v) is 9.44. The fourth-order valence-corrected chi connectivity index (χ4v) is 3.97. The topological polar surface area (TPSA) is 75.4 Å². The van der Waals surface area contributed by atoms with Crippen LogP contribution in [0.1, 0.15) is 44.6 Å². The number of hydrogen-bond donors (Lipinski definition) is 2. The predicted molar refractivity (Wildman–Crippen MR) is 106 cm³/mol. The minimum atomic E-state index is -0.196. The molecular formula is C20H30ClN3O2. The molecule has 1 atom stereocenters. The summed E-state index contributed by atoms with van der Waals surface area (Å²) in [6.45, 7) is 3.46. The van der Waals surface area contributed by atoms with Crippen molar-refractivity contribution in [1.82, 2.24) is 10.2 Å². The summed E-state index contributed by atoms with van der Waals surface area (Å²) in [6.07, 6.45) is 5.67. The molecule has 1 heterocycles. The molecule has 1 saturated carbocycles. The largest absolute Gasteiger partial charge is 0.399 e. The molecule has 1 saturated heterocycles. The molecule has 1 aliphatic heterocycles. The van der Waals surface area contributed by atoms with E-state index in [2.05, 4.69) is 12.2 Å². The first kappa shape index (κ1) is 20.6. The molecule has 1 aliphatic carbocycles. The van der Waals surface area contributed by atoms with Gasteiger partial charge in [0.15, 0.2) is 0 Å². The van der Waals surface area contributed by atoms with Crippen LogP contribution in [0.2, 0.25) is 0 Å². The van der Waals surface area contributed by atoms with Gasteiger partial charge in [-0.05, 0) is 55.7 Å². The molecule has 5 nitrogen and oxygen atoms in total. The zero-order valence-electron chi connectivity index (χ0n) is 15.4. The average Bonchev–Trinajstić information content (AvgIpc) is 2.99. The molecule has 0 bridgehead atoms. The number of halogens is 1. The maximum Gasteiger partial charge on any atom is 0.225 e. The summed E-state index contributed by atoms with van der Waals surface area (Å²) in [4.78, 5) is 26.7. The van der Waals surface area contributed by atoms with E-state index in [1.165, 1.54) is 12.8 Å². The van der Waals surface area contributed by atoms with Gasteiger partial charge in [0.1, 0.15) is 0 Å². The van der Waals surface area contributed by atoms with Gasteiger partial charge < -0.3 is 16.0 Å². The van der Waals surface area contributed by atoms with Crippen LogP contribution in [0.5, 0.6) is 0 Å². The molecule has 26 heavy (non-hydrogen) atoms. The summed E-state index contributed by atoms with van der Waals surface area (Å²) >= 11 is 0. The van der Waals surface area contributed by atoms with E-state index >= 15 is 0 Å². The molecule has 0 aromatic heterocycles. The van der Waals surface area contributed by atoms with Gasteiger partial charge in [0.25, 0.3) is 0 Å². The van der Waals surface area contributed by atoms with E-state index in [-0.39, 0.29) is 30.1 Å². The van der Waals surface area contributed by atoms with Crippen LogP contribution in [0, 0.1) is 11.8 Å². The molecule has 2 aliphatic rings. The number of carbonyl (C=O) groups excluding carboxylic acids is 2. The Kier molecular flexibility index (Phi) is 7.33. The van der Waals surface area contributed by atoms with Gasteiger partial charge in [-0.2, -0.15) is 0 Å². The summed E-state index contributed by atoms with van der Waals surface area (Å²) in [5.41, 5.74) is 7.57. The van der Waals surface area contributed by atoms with Gasteiger partial charge in [0.2, 0.25) is 11.8 Å². The number of likely N-dealkylation sites (tertiary alicyclic amines) is 1. The van der Waals surface area contributed by atoms with Gasteiger partial charge in [-0.1, -0.05) is 19.1 Å². The number of benzene rings is 1. The molecule has 1 aromatic rings. The van der Waals surface area contributed by atoms with Gasteiger partial charge in [0, 0.05) is 31.2 Å². The van der Waals surface area contributed by atoms with E-state index in [0.29, 0.717) is 25.6 Å². The number of carbonyl (C=O) groups is 2. The van der Waals surface area contributed by atoms with Crippen molar-refractivity contribution >= 4 is 29.9 Å². The normalized spacial score (nSPS) is 25.7.